The number of carbonyl (C=O) groups excluding carboxylic acids is 1. The summed E-state index contributed by atoms with van der Waals surface area (Å²) in [5, 5.41) is 7.09. The summed E-state index contributed by atoms with van der Waals surface area (Å²) < 4.78 is 5.27. The van der Waals surface area contributed by atoms with E-state index in [4.69, 9.17) is 4.52 Å². The summed E-state index contributed by atoms with van der Waals surface area (Å²) in [7, 11) is 0. The van der Waals surface area contributed by atoms with Gasteiger partial charge in [-0.25, -0.2) is 0 Å². The second kappa shape index (κ2) is 8.16. The standard InChI is InChI=1S/C22H25N3O2/c1-14(2)10-18-12-20(27-25-18)22(26)24-21(17-6-5-9-23-13-17)19-8-7-15(3)11-16(19)4/h5-9,11-14,21H,10H2,1-4H3,(H,24,26). The molecule has 0 aliphatic carbocycles. The quantitative estimate of drug-likeness (QED) is 0.705. The molecule has 1 N–H and O–H groups in total. The minimum absolute atomic E-state index is 0.226. The molecule has 27 heavy (non-hydrogen) atoms. The van der Waals surface area contributed by atoms with Gasteiger partial charge < -0.3 is 9.84 Å². The summed E-state index contributed by atoms with van der Waals surface area (Å²) in [4.78, 5) is 17.0. The van der Waals surface area contributed by atoms with Crippen molar-refractivity contribution in [1.82, 2.24) is 15.5 Å². The highest BCUT2D eigenvalue weighted by atomic mass is 16.5. The second-order valence-electron chi connectivity index (χ2n) is 7.33. The summed E-state index contributed by atoms with van der Waals surface area (Å²) in [5.41, 5.74) is 5.03. The smallest absolute Gasteiger partial charge is 0.290 e. The molecule has 3 rings (SSSR count). The van der Waals surface area contributed by atoms with Crippen LogP contribution in [0.4, 0.5) is 0 Å². The van der Waals surface area contributed by atoms with Crippen molar-refractivity contribution in [3.8, 4) is 0 Å². The van der Waals surface area contributed by atoms with Crippen LogP contribution in [-0.4, -0.2) is 16.0 Å². The van der Waals surface area contributed by atoms with Gasteiger partial charge in [0.1, 0.15) is 0 Å². The van der Waals surface area contributed by atoms with E-state index in [1.807, 2.05) is 31.2 Å². The molecule has 1 atom stereocenters. The normalized spacial score (nSPS) is 12.2. The van der Waals surface area contributed by atoms with Crippen LogP contribution in [0.2, 0.25) is 0 Å². The summed E-state index contributed by atoms with van der Waals surface area (Å²) in [5.74, 6) is 0.389. The number of carbonyl (C=O) groups is 1. The Morgan fingerprint density at radius 2 is 2.00 bits per heavy atom. The maximum atomic E-state index is 12.8. The van der Waals surface area contributed by atoms with Gasteiger partial charge in [-0.15, -0.1) is 0 Å². The molecule has 2 heterocycles. The lowest BCUT2D eigenvalue weighted by Crippen LogP contribution is -2.29. The molecule has 1 amide bonds. The Labute approximate surface area is 159 Å². The van der Waals surface area contributed by atoms with Crippen molar-refractivity contribution in [2.75, 3.05) is 0 Å². The molecule has 5 heteroatoms. The molecule has 1 unspecified atom stereocenters. The monoisotopic (exact) mass is 363 g/mol. The van der Waals surface area contributed by atoms with Crippen molar-refractivity contribution in [2.45, 2.75) is 40.2 Å². The Morgan fingerprint density at radius 3 is 2.67 bits per heavy atom. The zero-order valence-electron chi connectivity index (χ0n) is 16.2. The predicted molar refractivity (Wildman–Crippen MR) is 105 cm³/mol. The molecule has 0 saturated carbocycles. The van der Waals surface area contributed by atoms with E-state index in [-0.39, 0.29) is 17.7 Å². The lowest BCUT2D eigenvalue weighted by atomic mass is 9.94. The fourth-order valence-corrected chi connectivity index (χ4v) is 3.17. The van der Waals surface area contributed by atoms with E-state index in [0.717, 1.165) is 28.8 Å². The molecule has 0 aliphatic rings. The molecule has 0 spiro atoms. The van der Waals surface area contributed by atoms with Crippen LogP contribution in [0.5, 0.6) is 0 Å². The maximum absolute atomic E-state index is 12.8. The van der Waals surface area contributed by atoms with Crippen LogP contribution in [0.3, 0.4) is 0 Å². The van der Waals surface area contributed by atoms with Crippen LogP contribution < -0.4 is 5.32 Å². The summed E-state index contributed by atoms with van der Waals surface area (Å²) in [6, 6.07) is 11.4. The number of hydrogen-bond donors (Lipinski definition) is 1. The van der Waals surface area contributed by atoms with Gasteiger partial charge in [-0.05, 0) is 48.9 Å². The molecule has 5 nitrogen and oxygen atoms in total. The Bertz CT molecular complexity index is 916. The zero-order valence-corrected chi connectivity index (χ0v) is 16.2. The minimum Gasteiger partial charge on any atom is -0.351 e. The summed E-state index contributed by atoms with van der Waals surface area (Å²) in [6.07, 6.45) is 4.27. The van der Waals surface area contributed by atoms with Gasteiger partial charge in [-0.1, -0.05) is 48.8 Å². The number of pyridine rings is 1. The number of hydrogen-bond acceptors (Lipinski definition) is 4. The average molecular weight is 363 g/mol. The maximum Gasteiger partial charge on any atom is 0.290 e. The lowest BCUT2D eigenvalue weighted by molar-refractivity contribution is 0.0905. The molecule has 0 saturated heterocycles. The first kappa shape index (κ1) is 18.8. The van der Waals surface area contributed by atoms with Gasteiger partial charge in [-0.2, -0.15) is 0 Å². The molecular formula is C22H25N3O2. The number of aromatic nitrogens is 2. The zero-order chi connectivity index (χ0) is 19.4. The number of nitrogens with zero attached hydrogens (tertiary/aromatic N) is 2. The number of aryl methyl sites for hydroxylation is 2. The lowest BCUT2D eigenvalue weighted by Gasteiger charge is -2.21. The van der Waals surface area contributed by atoms with Crippen LogP contribution in [0.25, 0.3) is 0 Å². The largest absolute Gasteiger partial charge is 0.351 e. The van der Waals surface area contributed by atoms with E-state index < -0.39 is 0 Å². The third-order valence-corrected chi connectivity index (χ3v) is 4.43. The van der Waals surface area contributed by atoms with Crippen molar-refractivity contribution in [1.29, 1.82) is 0 Å². The molecular weight excluding hydrogens is 338 g/mol. The fraction of sp³-hybridized carbons (Fsp3) is 0.318. The van der Waals surface area contributed by atoms with E-state index in [2.05, 4.69) is 42.3 Å². The number of nitrogens with one attached hydrogen (secondary N) is 1. The Hall–Kier alpha value is -2.95. The third kappa shape index (κ3) is 4.61. The van der Waals surface area contributed by atoms with Crippen LogP contribution in [0.1, 0.15) is 58.4 Å². The molecule has 2 aromatic heterocycles. The van der Waals surface area contributed by atoms with Gasteiger partial charge in [0.05, 0.1) is 11.7 Å². The molecule has 0 bridgehead atoms. The van der Waals surface area contributed by atoms with E-state index in [0.29, 0.717) is 5.92 Å². The van der Waals surface area contributed by atoms with Gasteiger partial charge in [-0.3, -0.25) is 9.78 Å². The van der Waals surface area contributed by atoms with Gasteiger partial charge >= 0.3 is 0 Å². The van der Waals surface area contributed by atoms with Gasteiger partial charge in [0, 0.05) is 18.5 Å². The highest BCUT2D eigenvalue weighted by molar-refractivity contribution is 5.92. The number of rotatable bonds is 6. The van der Waals surface area contributed by atoms with Crippen molar-refractivity contribution in [2.24, 2.45) is 5.92 Å². The van der Waals surface area contributed by atoms with Crippen molar-refractivity contribution >= 4 is 5.91 Å². The SMILES string of the molecule is Cc1ccc(C(NC(=O)c2cc(CC(C)C)no2)c2cccnc2)c(C)c1. The molecule has 0 aliphatic heterocycles. The predicted octanol–water partition coefficient (Wildman–Crippen LogP) is 4.40. The highest BCUT2D eigenvalue weighted by Gasteiger charge is 2.22. The summed E-state index contributed by atoms with van der Waals surface area (Å²) >= 11 is 0. The molecule has 0 fully saturated rings. The average Bonchev–Trinajstić information content (AvgIpc) is 3.09. The highest BCUT2D eigenvalue weighted by Crippen LogP contribution is 2.26. The van der Waals surface area contributed by atoms with E-state index in [1.165, 1.54) is 5.56 Å². The van der Waals surface area contributed by atoms with Crippen molar-refractivity contribution in [3.63, 3.8) is 0 Å². The fourth-order valence-electron chi connectivity index (χ4n) is 3.17. The molecule has 0 radical (unpaired) electrons. The van der Waals surface area contributed by atoms with E-state index in [1.54, 1.807) is 18.5 Å². The van der Waals surface area contributed by atoms with Crippen LogP contribution in [0.15, 0.2) is 53.3 Å². The van der Waals surface area contributed by atoms with Crippen molar-refractivity contribution in [3.05, 3.63) is 82.5 Å². The number of amides is 1. The second-order valence-corrected chi connectivity index (χ2v) is 7.33. The van der Waals surface area contributed by atoms with E-state index in [9.17, 15) is 4.79 Å². The minimum atomic E-state index is -0.314. The Morgan fingerprint density at radius 1 is 1.19 bits per heavy atom. The van der Waals surface area contributed by atoms with E-state index >= 15 is 0 Å². The molecule has 140 valence electrons. The van der Waals surface area contributed by atoms with Crippen LogP contribution >= 0.6 is 0 Å². The van der Waals surface area contributed by atoms with Crippen LogP contribution in [0, 0.1) is 19.8 Å². The first-order chi connectivity index (χ1) is 12.9. The first-order valence-electron chi connectivity index (χ1n) is 9.17. The van der Waals surface area contributed by atoms with Gasteiger partial charge in [0.15, 0.2) is 0 Å². The first-order valence-corrected chi connectivity index (χ1v) is 9.17. The molecule has 1 aromatic carbocycles. The van der Waals surface area contributed by atoms with Gasteiger partial charge in [0.2, 0.25) is 5.76 Å². The third-order valence-electron chi connectivity index (χ3n) is 4.43. The van der Waals surface area contributed by atoms with Crippen LogP contribution in [-0.2, 0) is 6.42 Å². The van der Waals surface area contributed by atoms with Gasteiger partial charge in [0.25, 0.3) is 5.91 Å². The summed E-state index contributed by atoms with van der Waals surface area (Å²) in [6.45, 7) is 8.31. The Kier molecular flexibility index (Phi) is 5.69. The molecule has 3 aromatic rings. The number of benzene rings is 1. The Balaban J connectivity index is 1.90. The van der Waals surface area contributed by atoms with Crippen molar-refractivity contribution < 1.29 is 9.32 Å². The topological polar surface area (TPSA) is 68.0 Å².